The Morgan fingerprint density at radius 2 is 1.74 bits per heavy atom. The molecule has 200 valence electrons. The second-order valence-corrected chi connectivity index (χ2v) is 8.67. The van der Waals surface area contributed by atoms with Crippen molar-refractivity contribution < 1.29 is 32.6 Å². The van der Waals surface area contributed by atoms with Gasteiger partial charge in [-0.05, 0) is 62.6 Å². The lowest BCUT2D eigenvalue weighted by atomic mass is 9.97. The fourth-order valence-corrected chi connectivity index (χ4v) is 4.41. The van der Waals surface area contributed by atoms with Gasteiger partial charge in [-0.25, -0.2) is 9.79 Å². The molecule has 0 saturated carbocycles. The van der Waals surface area contributed by atoms with Crippen molar-refractivity contribution in [2.45, 2.75) is 39.2 Å². The molecular weight excluding hydrogens is 498 g/mol. The van der Waals surface area contributed by atoms with Gasteiger partial charge in [-0.15, -0.1) is 0 Å². The average molecular weight is 527 g/mol. The molecule has 11 heteroatoms. The van der Waals surface area contributed by atoms with Crippen molar-refractivity contribution in [3.05, 3.63) is 59.8 Å². The zero-order chi connectivity index (χ0) is 27.2. The number of piperidine rings is 2. The van der Waals surface area contributed by atoms with E-state index in [1.165, 1.54) is 29.2 Å². The third-order valence-corrected chi connectivity index (χ3v) is 6.22. The summed E-state index contributed by atoms with van der Waals surface area (Å²) < 4.78 is 34.8. The van der Waals surface area contributed by atoms with Crippen molar-refractivity contribution in [3.63, 3.8) is 0 Å². The van der Waals surface area contributed by atoms with Crippen LogP contribution in [0.25, 0.3) is 0 Å². The predicted molar refractivity (Wildman–Crippen MR) is 138 cm³/mol. The number of carbonyl (C=O) groups excluding carboxylic acids is 3. The van der Waals surface area contributed by atoms with Gasteiger partial charge in [0.2, 0.25) is 5.91 Å². The van der Waals surface area contributed by atoms with Crippen LogP contribution >= 0.6 is 0 Å². The minimum absolute atomic E-state index is 0.0646. The highest BCUT2D eigenvalue weighted by Crippen LogP contribution is 2.30. The number of rotatable bonds is 7. The molecule has 2 amide bonds. The second-order valence-electron chi connectivity index (χ2n) is 8.67. The van der Waals surface area contributed by atoms with Gasteiger partial charge in [-0.2, -0.15) is 8.78 Å². The third kappa shape index (κ3) is 5.99. The minimum atomic E-state index is -3.03. The number of carbonyl (C=O) groups is 3. The van der Waals surface area contributed by atoms with Gasteiger partial charge in [0.15, 0.2) is 0 Å². The molecule has 2 aromatic rings. The molecule has 4 rings (SSSR count). The Morgan fingerprint density at radius 3 is 2.39 bits per heavy atom. The first-order chi connectivity index (χ1) is 18.3. The van der Waals surface area contributed by atoms with Crippen molar-refractivity contribution in [3.8, 4) is 5.75 Å². The number of hydrogen-bond acceptors (Lipinski definition) is 7. The fourth-order valence-electron chi connectivity index (χ4n) is 4.41. The number of aliphatic imine (C=N–C) groups is 1. The van der Waals surface area contributed by atoms with Gasteiger partial charge in [0.05, 0.1) is 12.3 Å². The van der Waals surface area contributed by atoms with Crippen LogP contribution in [0, 0.1) is 0 Å². The second kappa shape index (κ2) is 11.8. The molecule has 0 atom stereocenters. The van der Waals surface area contributed by atoms with Gasteiger partial charge < -0.3 is 25.0 Å². The standard InChI is InChI=1S/C27H28F2N4O5/c1-2-37-26(36)23(30)21-13-15-33(19-11-9-18(10-12-19)32-14-4-3-8-22(32)34)25(35)24(21)31-17-6-5-7-20(16-17)38-27(28)29/h5-7,9-12,16,27H,2-4,8,13-15,30H2,1H3. The van der Waals surface area contributed by atoms with Crippen LogP contribution in [-0.4, -0.2) is 49.8 Å². The summed E-state index contributed by atoms with van der Waals surface area (Å²) in [6, 6.07) is 12.6. The maximum atomic E-state index is 13.7. The van der Waals surface area contributed by atoms with Crippen molar-refractivity contribution in [2.75, 3.05) is 29.5 Å². The Labute approximate surface area is 218 Å². The molecule has 38 heavy (non-hydrogen) atoms. The number of hydrogen-bond donors (Lipinski definition) is 1. The van der Waals surface area contributed by atoms with E-state index in [1.807, 2.05) is 0 Å². The van der Waals surface area contributed by atoms with E-state index in [9.17, 15) is 23.2 Å². The molecule has 2 heterocycles. The normalized spacial score (nSPS) is 18.7. The van der Waals surface area contributed by atoms with Gasteiger partial charge >= 0.3 is 12.6 Å². The monoisotopic (exact) mass is 526 g/mol. The summed E-state index contributed by atoms with van der Waals surface area (Å²) in [5.74, 6) is -1.37. The number of alkyl halides is 2. The van der Waals surface area contributed by atoms with E-state index in [0.29, 0.717) is 18.7 Å². The van der Waals surface area contributed by atoms with E-state index < -0.39 is 18.5 Å². The lowest BCUT2D eigenvalue weighted by Crippen LogP contribution is -2.44. The lowest BCUT2D eigenvalue weighted by Gasteiger charge is -2.31. The number of nitrogens with two attached hydrogens (primary N) is 1. The Balaban J connectivity index is 1.68. The summed E-state index contributed by atoms with van der Waals surface area (Å²) in [7, 11) is 0. The molecular formula is C27H28F2N4O5. The Kier molecular flexibility index (Phi) is 8.35. The SMILES string of the molecule is CCOC(=O)C(N)=C1CCN(c2ccc(N3CCCCC3=O)cc2)C(=O)C1=Nc1cccc(OC(F)F)c1. The first kappa shape index (κ1) is 26.8. The molecule has 2 saturated heterocycles. The predicted octanol–water partition coefficient (Wildman–Crippen LogP) is 4.09. The van der Waals surface area contributed by atoms with Crippen molar-refractivity contribution >= 4 is 40.6 Å². The molecule has 0 spiro atoms. The Morgan fingerprint density at radius 1 is 1.03 bits per heavy atom. The Hall–Kier alpha value is -4.28. The van der Waals surface area contributed by atoms with Crippen LogP contribution in [0.1, 0.15) is 32.6 Å². The van der Waals surface area contributed by atoms with E-state index in [0.717, 1.165) is 18.5 Å². The summed E-state index contributed by atoms with van der Waals surface area (Å²) in [5, 5.41) is 0. The smallest absolute Gasteiger partial charge is 0.387 e. The number of amides is 2. The summed E-state index contributed by atoms with van der Waals surface area (Å²) in [5.41, 5.74) is 7.42. The molecule has 2 aliphatic rings. The topological polar surface area (TPSA) is 115 Å². The molecule has 2 aliphatic heterocycles. The highest BCUT2D eigenvalue weighted by atomic mass is 19.3. The average Bonchev–Trinajstić information content (AvgIpc) is 2.90. The number of benzene rings is 2. The van der Waals surface area contributed by atoms with Crippen LogP contribution in [0.2, 0.25) is 0 Å². The van der Waals surface area contributed by atoms with Crippen molar-refractivity contribution in [2.24, 2.45) is 10.7 Å². The van der Waals surface area contributed by atoms with Gasteiger partial charge in [0, 0.05) is 42.5 Å². The maximum Gasteiger partial charge on any atom is 0.387 e. The molecule has 0 unspecified atom stereocenters. The molecule has 2 aromatic carbocycles. The van der Waals surface area contributed by atoms with E-state index in [1.54, 1.807) is 36.1 Å². The zero-order valence-electron chi connectivity index (χ0n) is 20.9. The highest BCUT2D eigenvalue weighted by Gasteiger charge is 2.33. The Bertz CT molecular complexity index is 1280. The van der Waals surface area contributed by atoms with Crippen LogP contribution in [0.4, 0.5) is 25.8 Å². The van der Waals surface area contributed by atoms with Crippen LogP contribution < -0.4 is 20.3 Å². The highest BCUT2D eigenvalue weighted by molar-refractivity contribution is 6.51. The molecule has 0 bridgehead atoms. The van der Waals surface area contributed by atoms with Crippen molar-refractivity contribution in [1.82, 2.24) is 0 Å². The maximum absolute atomic E-state index is 13.7. The third-order valence-electron chi connectivity index (χ3n) is 6.22. The largest absolute Gasteiger partial charge is 0.461 e. The van der Waals surface area contributed by atoms with Crippen LogP contribution in [-0.2, 0) is 19.1 Å². The van der Waals surface area contributed by atoms with E-state index in [4.69, 9.17) is 10.5 Å². The summed E-state index contributed by atoms with van der Waals surface area (Å²) in [4.78, 5) is 45.9. The summed E-state index contributed by atoms with van der Waals surface area (Å²) >= 11 is 0. The molecule has 0 aliphatic carbocycles. The minimum Gasteiger partial charge on any atom is -0.461 e. The van der Waals surface area contributed by atoms with Gasteiger partial charge in [0.25, 0.3) is 5.91 Å². The number of esters is 1. The zero-order valence-corrected chi connectivity index (χ0v) is 20.9. The number of anilines is 2. The fraction of sp³-hybridized carbons (Fsp3) is 0.333. The van der Waals surface area contributed by atoms with Crippen LogP contribution in [0.3, 0.4) is 0 Å². The molecule has 2 N–H and O–H groups in total. The van der Waals surface area contributed by atoms with Gasteiger partial charge in [-0.1, -0.05) is 6.07 Å². The van der Waals surface area contributed by atoms with E-state index in [2.05, 4.69) is 9.73 Å². The van der Waals surface area contributed by atoms with Crippen LogP contribution in [0.5, 0.6) is 5.75 Å². The lowest BCUT2D eigenvalue weighted by molar-refractivity contribution is -0.138. The summed E-state index contributed by atoms with van der Waals surface area (Å²) in [6.07, 6.45) is 2.51. The first-order valence-electron chi connectivity index (χ1n) is 12.3. The summed E-state index contributed by atoms with van der Waals surface area (Å²) in [6.45, 7) is -0.438. The van der Waals surface area contributed by atoms with Gasteiger partial charge in [0.1, 0.15) is 17.2 Å². The van der Waals surface area contributed by atoms with E-state index >= 15 is 0 Å². The van der Waals surface area contributed by atoms with Crippen LogP contribution in [0.15, 0.2) is 64.8 Å². The number of ether oxygens (including phenoxy) is 2. The molecule has 0 aromatic heterocycles. The van der Waals surface area contributed by atoms with E-state index in [-0.39, 0.29) is 53.9 Å². The molecule has 0 radical (unpaired) electrons. The quantitative estimate of drug-likeness (QED) is 0.429. The van der Waals surface area contributed by atoms with Crippen molar-refractivity contribution in [1.29, 1.82) is 0 Å². The molecule has 9 nitrogen and oxygen atoms in total. The number of nitrogens with zero attached hydrogens (tertiary/aromatic N) is 3. The van der Waals surface area contributed by atoms with Gasteiger partial charge in [-0.3, -0.25) is 9.59 Å². The first-order valence-corrected chi connectivity index (χ1v) is 12.3. The molecule has 2 fully saturated rings. The number of halogens is 2.